The van der Waals surface area contributed by atoms with Gasteiger partial charge < -0.3 is 9.72 Å². The van der Waals surface area contributed by atoms with E-state index in [0.29, 0.717) is 15.7 Å². The van der Waals surface area contributed by atoms with Crippen molar-refractivity contribution in [2.75, 3.05) is 0 Å². The molecule has 1 heterocycles. The lowest BCUT2D eigenvalue weighted by Crippen LogP contribution is -2.18. The molecule has 1 N–H and O–H groups in total. The maximum atomic E-state index is 12.5. The van der Waals surface area contributed by atoms with Crippen LogP contribution in [0.25, 0.3) is 5.69 Å². The minimum Gasteiger partial charge on any atom is -0.403 e. The predicted octanol–water partition coefficient (Wildman–Crippen LogP) is 4.76. The quantitative estimate of drug-likeness (QED) is 0.793. The van der Waals surface area contributed by atoms with Crippen LogP contribution in [0.2, 0.25) is 0 Å². The van der Waals surface area contributed by atoms with E-state index in [9.17, 15) is 13.2 Å². The number of aryl methyl sites for hydroxylation is 1. The van der Waals surface area contributed by atoms with Crippen molar-refractivity contribution in [3.05, 3.63) is 39.3 Å². The number of hydrogen-bond donors (Lipinski definition) is 1. The summed E-state index contributed by atoms with van der Waals surface area (Å²) in [5.41, 5.74) is 1.01. The second kappa shape index (κ2) is 5.61. The molecule has 20 heavy (non-hydrogen) atoms. The summed E-state index contributed by atoms with van der Waals surface area (Å²) in [6, 6.07) is 4.41. The van der Waals surface area contributed by atoms with Gasteiger partial charge in [0.1, 0.15) is 0 Å². The zero-order chi connectivity index (χ0) is 14.9. The number of ether oxygens (including phenoxy) is 1. The molecule has 2 rings (SSSR count). The Morgan fingerprint density at radius 3 is 2.70 bits per heavy atom. The SMILES string of the molecule is CCc1c[nH]c(=S)n1-c1ccc(Br)cc1OC(F)(F)F. The molecule has 108 valence electrons. The van der Waals surface area contributed by atoms with Crippen LogP contribution in [-0.2, 0) is 6.42 Å². The van der Waals surface area contributed by atoms with E-state index < -0.39 is 6.36 Å². The van der Waals surface area contributed by atoms with Gasteiger partial charge >= 0.3 is 6.36 Å². The summed E-state index contributed by atoms with van der Waals surface area (Å²) in [5.74, 6) is -0.308. The third-order valence-corrected chi connectivity index (χ3v) is 3.40. The van der Waals surface area contributed by atoms with Gasteiger partial charge in [-0.15, -0.1) is 13.2 Å². The zero-order valence-electron chi connectivity index (χ0n) is 10.3. The first-order valence-electron chi connectivity index (χ1n) is 5.67. The minimum absolute atomic E-state index is 0.244. The van der Waals surface area contributed by atoms with Crippen LogP contribution < -0.4 is 4.74 Å². The van der Waals surface area contributed by atoms with Crippen LogP contribution in [0.4, 0.5) is 13.2 Å². The minimum atomic E-state index is -4.76. The van der Waals surface area contributed by atoms with Gasteiger partial charge in [-0.1, -0.05) is 22.9 Å². The topological polar surface area (TPSA) is 29.9 Å². The highest BCUT2D eigenvalue weighted by Crippen LogP contribution is 2.32. The van der Waals surface area contributed by atoms with Crippen LogP contribution >= 0.6 is 28.1 Å². The number of halogens is 4. The standard InChI is InChI=1S/C12H10BrF3N2OS/c1-2-8-6-17-11(20)18(8)9-4-3-7(13)5-10(9)19-12(14,15)16/h3-6H,2H2,1H3,(H,17,20). The Bertz CT molecular complexity index is 678. The van der Waals surface area contributed by atoms with Gasteiger partial charge in [0.15, 0.2) is 10.5 Å². The molecule has 0 fully saturated rings. The first-order valence-corrected chi connectivity index (χ1v) is 6.87. The van der Waals surface area contributed by atoms with Gasteiger partial charge in [0.25, 0.3) is 0 Å². The number of nitrogens with one attached hydrogen (secondary N) is 1. The Morgan fingerprint density at radius 2 is 2.10 bits per heavy atom. The smallest absolute Gasteiger partial charge is 0.403 e. The summed E-state index contributed by atoms with van der Waals surface area (Å²) in [5, 5.41) is 0. The first kappa shape index (κ1) is 15.1. The summed E-state index contributed by atoms with van der Waals surface area (Å²) < 4.78 is 43.9. The number of hydrogen-bond acceptors (Lipinski definition) is 2. The molecule has 0 radical (unpaired) electrons. The monoisotopic (exact) mass is 366 g/mol. The lowest BCUT2D eigenvalue weighted by Gasteiger charge is -2.15. The fourth-order valence-corrected chi connectivity index (χ4v) is 2.42. The number of nitrogens with zero attached hydrogens (tertiary/aromatic N) is 1. The molecule has 2 aromatic rings. The molecule has 0 aliphatic carbocycles. The fraction of sp³-hybridized carbons (Fsp3) is 0.250. The Labute approximate surface area is 126 Å². The third-order valence-electron chi connectivity index (χ3n) is 2.60. The maximum Gasteiger partial charge on any atom is 0.573 e. The summed E-state index contributed by atoms with van der Waals surface area (Å²) in [6.07, 6.45) is -2.48. The van der Waals surface area contributed by atoms with Crippen molar-refractivity contribution < 1.29 is 17.9 Å². The number of imidazole rings is 1. The van der Waals surface area contributed by atoms with Gasteiger partial charge in [-0.3, -0.25) is 4.57 Å². The van der Waals surface area contributed by atoms with Gasteiger partial charge in [0.2, 0.25) is 0 Å². The average molecular weight is 367 g/mol. The second-order valence-corrected chi connectivity index (χ2v) is 5.24. The van der Waals surface area contributed by atoms with E-state index in [1.54, 1.807) is 12.3 Å². The molecule has 0 saturated carbocycles. The molecule has 0 spiro atoms. The van der Waals surface area contributed by atoms with E-state index in [4.69, 9.17) is 12.2 Å². The summed E-state index contributed by atoms with van der Waals surface area (Å²) in [7, 11) is 0. The van der Waals surface area contributed by atoms with Crippen molar-refractivity contribution in [2.45, 2.75) is 19.7 Å². The lowest BCUT2D eigenvalue weighted by atomic mass is 10.2. The van der Waals surface area contributed by atoms with Crippen LogP contribution in [0.3, 0.4) is 0 Å². The number of H-pyrrole nitrogens is 1. The van der Waals surface area contributed by atoms with Gasteiger partial charge in [-0.25, -0.2) is 0 Å². The van der Waals surface area contributed by atoms with Crippen molar-refractivity contribution >= 4 is 28.1 Å². The molecule has 0 amide bonds. The van der Waals surface area contributed by atoms with Crippen molar-refractivity contribution in [3.63, 3.8) is 0 Å². The van der Waals surface area contributed by atoms with Gasteiger partial charge in [0, 0.05) is 16.4 Å². The van der Waals surface area contributed by atoms with Crippen molar-refractivity contribution in [2.24, 2.45) is 0 Å². The van der Waals surface area contributed by atoms with Gasteiger partial charge in [0.05, 0.1) is 5.69 Å². The second-order valence-electron chi connectivity index (χ2n) is 3.93. The van der Waals surface area contributed by atoms with E-state index in [0.717, 1.165) is 5.69 Å². The molecule has 1 aromatic heterocycles. The molecule has 0 atom stereocenters. The molecule has 8 heteroatoms. The summed E-state index contributed by atoms with van der Waals surface area (Å²) in [4.78, 5) is 2.82. The molecular formula is C12H10BrF3N2OS. The number of aromatic amines is 1. The van der Waals surface area contributed by atoms with E-state index in [1.165, 1.54) is 16.7 Å². The predicted molar refractivity (Wildman–Crippen MR) is 74.7 cm³/mol. The average Bonchev–Trinajstić information content (AvgIpc) is 2.69. The Hall–Kier alpha value is -1.28. The summed E-state index contributed by atoms with van der Waals surface area (Å²) in [6.45, 7) is 1.89. The van der Waals surface area contributed by atoms with Gasteiger partial charge in [-0.2, -0.15) is 0 Å². The highest BCUT2D eigenvalue weighted by molar-refractivity contribution is 9.10. The number of aromatic nitrogens is 2. The van der Waals surface area contributed by atoms with Crippen LogP contribution in [0.15, 0.2) is 28.9 Å². The molecule has 0 bridgehead atoms. The molecule has 0 aliphatic rings. The Kier molecular flexibility index (Phi) is 4.24. The molecule has 3 nitrogen and oxygen atoms in total. The van der Waals surface area contributed by atoms with Crippen LogP contribution in [0.5, 0.6) is 5.75 Å². The largest absolute Gasteiger partial charge is 0.573 e. The molecule has 1 aromatic carbocycles. The number of benzene rings is 1. The molecule has 0 unspecified atom stereocenters. The molecule has 0 aliphatic heterocycles. The van der Waals surface area contributed by atoms with Crippen LogP contribution in [0, 0.1) is 4.77 Å². The first-order chi connectivity index (χ1) is 9.31. The van der Waals surface area contributed by atoms with Crippen molar-refractivity contribution in [1.29, 1.82) is 0 Å². The van der Waals surface area contributed by atoms with E-state index >= 15 is 0 Å². The molecule has 0 saturated heterocycles. The van der Waals surface area contributed by atoms with Crippen molar-refractivity contribution in [1.82, 2.24) is 9.55 Å². The third kappa shape index (κ3) is 3.24. The number of rotatable bonds is 3. The Balaban J connectivity index is 2.62. The Morgan fingerprint density at radius 1 is 1.40 bits per heavy atom. The summed E-state index contributed by atoms with van der Waals surface area (Å²) >= 11 is 8.24. The zero-order valence-corrected chi connectivity index (χ0v) is 12.7. The van der Waals surface area contributed by atoms with Crippen molar-refractivity contribution in [3.8, 4) is 11.4 Å². The maximum absolute atomic E-state index is 12.5. The highest BCUT2D eigenvalue weighted by Gasteiger charge is 2.32. The van der Waals surface area contributed by atoms with Crippen LogP contribution in [-0.4, -0.2) is 15.9 Å². The van der Waals surface area contributed by atoms with Gasteiger partial charge in [-0.05, 0) is 36.8 Å². The molecular weight excluding hydrogens is 357 g/mol. The van der Waals surface area contributed by atoms with E-state index in [1.807, 2.05) is 6.92 Å². The normalized spacial score (nSPS) is 11.7. The fourth-order valence-electron chi connectivity index (χ4n) is 1.81. The van der Waals surface area contributed by atoms with E-state index in [-0.39, 0.29) is 11.4 Å². The lowest BCUT2D eigenvalue weighted by molar-refractivity contribution is -0.274. The van der Waals surface area contributed by atoms with Crippen LogP contribution in [0.1, 0.15) is 12.6 Å². The van der Waals surface area contributed by atoms with E-state index in [2.05, 4.69) is 25.7 Å². The highest BCUT2D eigenvalue weighted by atomic mass is 79.9. The number of alkyl halides is 3.